The third kappa shape index (κ3) is 2.76. The molecule has 2 aromatic heterocycles. The molecule has 0 radical (unpaired) electrons. The number of nitrogens with one attached hydrogen (secondary N) is 3. The lowest BCUT2D eigenvalue weighted by molar-refractivity contribution is -0.120. The number of fused-ring (bicyclic) bond motifs is 3. The van der Waals surface area contributed by atoms with Crippen LogP contribution in [0.2, 0.25) is 0 Å². The van der Waals surface area contributed by atoms with Gasteiger partial charge in [0, 0.05) is 29.1 Å². The minimum atomic E-state index is -0.435. The van der Waals surface area contributed by atoms with Crippen LogP contribution in [0, 0.1) is 0 Å². The normalized spacial score (nSPS) is 13.9. The summed E-state index contributed by atoms with van der Waals surface area (Å²) in [5.74, 6) is -0.998. The van der Waals surface area contributed by atoms with Crippen LogP contribution in [-0.4, -0.2) is 27.7 Å². The number of benzene rings is 1. The van der Waals surface area contributed by atoms with E-state index in [0.717, 1.165) is 16.5 Å². The summed E-state index contributed by atoms with van der Waals surface area (Å²) in [7, 11) is 0. The van der Waals surface area contributed by atoms with E-state index in [-0.39, 0.29) is 18.2 Å². The fourth-order valence-electron chi connectivity index (χ4n) is 2.97. The zero-order valence-corrected chi connectivity index (χ0v) is 13.1. The Balaban J connectivity index is 1.72. The highest BCUT2D eigenvalue weighted by Crippen LogP contribution is 2.27. The highest BCUT2D eigenvalue weighted by atomic mass is 16.2. The van der Waals surface area contributed by atoms with E-state index in [1.807, 2.05) is 0 Å². The summed E-state index contributed by atoms with van der Waals surface area (Å²) >= 11 is 0. The first-order valence-electron chi connectivity index (χ1n) is 7.82. The van der Waals surface area contributed by atoms with Gasteiger partial charge in [0.15, 0.2) is 0 Å². The van der Waals surface area contributed by atoms with Crippen molar-refractivity contribution in [3.63, 3.8) is 0 Å². The van der Waals surface area contributed by atoms with Crippen LogP contribution in [-0.2, 0) is 11.2 Å². The molecule has 7 heteroatoms. The van der Waals surface area contributed by atoms with E-state index in [2.05, 4.69) is 20.6 Å². The van der Waals surface area contributed by atoms with Gasteiger partial charge in [0.1, 0.15) is 5.69 Å². The van der Waals surface area contributed by atoms with Gasteiger partial charge in [-0.3, -0.25) is 24.7 Å². The lowest BCUT2D eigenvalue weighted by Gasteiger charge is -2.05. The number of imide groups is 1. The Morgan fingerprint density at radius 2 is 2.04 bits per heavy atom. The molecule has 1 aromatic carbocycles. The van der Waals surface area contributed by atoms with Crippen molar-refractivity contribution in [1.29, 1.82) is 0 Å². The average molecular weight is 334 g/mol. The van der Waals surface area contributed by atoms with Gasteiger partial charge in [-0.2, -0.15) is 0 Å². The first kappa shape index (κ1) is 15.1. The van der Waals surface area contributed by atoms with Crippen molar-refractivity contribution in [2.24, 2.45) is 0 Å². The third-order valence-electron chi connectivity index (χ3n) is 4.17. The second-order valence-electron chi connectivity index (χ2n) is 5.81. The molecule has 4 rings (SSSR count). The van der Waals surface area contributed by atoms with Crippen LogP contribution >= 0.6 is 0 Å². The van der Waals surface area contributed by atoms with Gasteiger partial charge in [-0.15, -0.1) is 0 Å². The standard InChI is InChI=1S/C18H14N4O3/c23-15-6-4-12-13-8-10(17(24)20-11-2-1-7-19-9-11)3-5-14(13)21-16(12)18(25)22-15/h1-3,5,7-9,21H,4,6H2,(H,20,24)(H,22,23,25). The molecule has 3 aromatic rings. The number of hydrogen-bond acceptors (Lipinski definition) is 4. The number of carbonyl (C=O) groups is 3. The fourth-order valence-corrected chi connectivity index (χ4v) is 2.97. The molecule has 25 heavy (non-hydrogen) atoms. The van der Waals surface area contributed by atoms with Crippen molar-refractivity contribution in [2.45, 2.75) is 12.8 Å². The number of aromatic nitrogens is 2. The quantitative estimate of drug-likeness (QED) is 0.624. The maximum atomic E-state index is 12.4. The zero-order valence-electron chi connectivity index (χ0n) is 13.1. The maximum Gasteiger partial charge on any atom is 0.274 e. The van der Waals surface area contributed by atoms with Gasteiger partial charge in [-0.1, -0.05) is 0 Å². The van der Waals surface area contributed by atoms with Gasteiger partial charge in [-0.05, 0) is 42.3 Å². The number of pyridine rings is 1. The Hall–Kier alpha value is -3.48. The molecule has 0 saturated carbocycles. The maximum absolute atomic E-state index is 12.4. The van der Waals surface area contributed by atoms with Crippen molar-refractivity contribution >= 4 is 34.3 Å². The molecule has 0 spiro atoms. The number of anilines is 1. The van der Waals surface area contributed by atoms with E-state index < -0.39 is 5.91 Å². The molecule has 0 atom stereocenters. The predicted octanol–water partition coefficient (Wildman–Crippen LogP) is 2.02. The zero-order chi connectivity index (χ0) is 17.4. The smallest absolute Gasteiger partial charge is 0.274 e. The van der Waals surface area contributed by atoms with Gasteiger partial charge in [-0.25, -0.2) is 0 Å². The highest BCUT2D eigenvalue weighted by molar-refractivity contribution is 6.11. The van der Waals surface area contributed by atoms with Crippen LogP contribution in [0.15, 0.2) is 42.7 Å². The second kappa shape index (κ2) is 5.86. The third-order valence-corrected chi connectivity index (χ3v) is 4.17. The van der Waals surface area contributed by atoms with Crippen molar-refractivity contribution in [2.75, 3.05) is 5.32 Å². The topological polar surface area (TPSA) is 104 Å². The van der Waals surface area contributed by atoms with Crippen LogP contribution in [0.5, 0.6) is 0 Å². The van der Waals surface area contributed by atoms with Gasteiger partial charge < -0.3 is 10.3 Å². The Morgan fingerprint density at radius 3 is 2.84 bits per heavy atom. The van der Waals surface area contributed by atoms with Crippen LogP contribution in [0.1, 0.15) is 32.8 Å². The molecule has 1 aliphatic rings. The number of carbonyl (C=O) groups excluding carboxylic acids is 3. The monoisotopic (exact) mass is 334 g/mol. The molecule has 7 nitrogen and oxygen atoms in total. The molecule has 0 saturated heterocycles. The van der Waals surface area contributed by atoms with Gasteiger partial charge in [0.25, 0.3) is 11.8 Å². The summed E-state index contributed by atoms with van der Waals surface area (Å²) < 4.78 is 0. The largest absolute Gasteiger partial charge is 0.350 e. The number of aryl methyl sites for hydroxylation is 1. The van der Waals surface area contributed by atoms with Crippen LogP contribution < -0.4 is 10.6 Å². The van der Waals surface area contributed by atoms with Gasteiger partial charge in [0.2, 0.25) is 5.91 Å². The molecule has 0 aliphatic carbocycles. The predicted molar refractivity (Wildman–Crippen MR) is 91.3 cm³/mol. The van der Waals surface area contributed by atoms with Crippen molar-refractivity contribution in [3.8, 4) is 0 Å². The average Bonchev–Trinajstić information content (AvgIpc) is 2.92. The van der Waals surface area contributed by atoms with E-state index in [1.165, 1.54) is 0 Å². The summed E-state index contributed by atoms with van der Waals surface area (Å²) in [6.45, 7) is 0. The summed E-state index contributed by atoms with van der Waals surface area (Å²) in [4.78, 5) is 43.1. The van der Waals surface area contributed by atoms with E-state index in [9.17, 15) is 14.4 Å². The number of rotatable bonds is 2. The number of H-pyrrole nitrogens is 1. The Morgan fingerprint density at radius 1 is 1.16 bits per heavy atom. The highest BCUT2D eigenvalue weighted by Gasteiger charge is 2.24. The molecular weight excluding hydrogens is 320 g/mol. The molecule has 1 aliphatic heterocycles. The minimum Gasteiger partial charge on any atom is -0.350 e. The van der Waals surface area contributed by atoms with E-state index >= 15 is 0 Å². The summed E-state index contributed by atoms with van der Waals surface area (Å²) in [6, 6.07) is 8.67. The number of amides is 3. The van der Waals surface area contributed by atoms with Gasteiger partial charge >= 0.3 is 0 Å². The number of nitrogens with zero attached hydrogens (tertiary/aromatic N) is 1. The first-order valence-corrected chi connectivity index (χ1v) is 7.82. The van der Waals surface area contributed by atoms with E-state index in [0.29, 0.717) is 23.4 Å². The number of aromatic amines is 1. The van der Waals surface area contributed by atoms with Crippen molar-refractivity contribution in [1.82, 2.24) is 15.3 Å². The van der Waals surface area contributed by atoms with Gasteiger partial charge in [0.05, 0.1) is 11.9 Å². The van der Waals surface area contributed by atoms with E-state index in [4.69, 9.17) is 0 Å². The Labute approximate surface area is 142 Å². The molecular formula is C18H14N4O3. The summed E-state index contributed by atoms with van der Waals surface area (Å²) in [6.07, 6.45) is 3.87. The fraction of sp³-hybridized carbons (Fsp3) is 0.111. The second-order valence-corrected chi connectivity index (χ2v) is 5.81. The lowest BCUT2D eigenvalue weighted by atomic mass is 10.0. The van der Waals surface area contributed by atoms with Crippen LogP contribution in [0.3, 0.4) is 0 Å². The van der Waals surface area contributed by atoms with Crippen molar-refractivity contribution in [3.05, 3.63) is 59.5 Å². The van der Waals surface area contributed by atoms with E-state index in [1.54, 1.807) is 42.7 Å². The molecule has 0 unspecified atom stereocenters. The summed E-state index contributed by atoms with van der Waals surface area (Å²) in [5.41, 5.74) is 2.96. The Kier molecular flexibility index (Phi) is 3.53. The summed E-state index contributed by atoms with van der Waals surface area (Å²) in [5, 5.41) is 5.89. The molecule has 3 heterocycles. The molecule has 3 N–H and O–H groups in total. The van der Waals surface area contributed by atoms with Crippen LogP contribution in [0.4, 0.5) is 5.69 Å². The lowest BCUT2D eigenvalue weighted by Crippen LogP contribution is -2.28. The minimum absolute atomic E-state index is 0.234. The SMILES string of the molecule is O=C1CCc2c([nH]c3ccc(C(=O)Nc4cccnc4)cc23)C(=O)N1. The molecule has 0 bridgehead atoms. The van der Waals surface area contributed by atoms with Crippen LogP contribution in [0.25, 0.3) is 10.9 Å². The first-order chi connectivity index (χ1) is 12.1. The molecule has 0 fully saturated rings. The molecule has 3 amide bonds. The Bertz CT molecular complexity index is 1010. The number of hydrogen-bond donors (Lipinski definition) is 3. The van der Waals surface area contributed by atoms with Crippen molar-refractivity contribution < 1.29 is 14.4 Å². The molecule has 124 valence electrons.